The molecule has 0 atom stereocenters. The van der Waals surface area contributed by atoms with Gasteiger partial charge in [0, 0.05) is 6.07 Å². The van der Waals surface area contributed by atoms with Crippen LogP contribution in [0.3, 0.4) is 0 Å². The minimum atomic E-state index is -3.97. The molecule has 0 saturated carbocycles. The lowest BCUT2D eigenvalue weighted by Gasteiger charge is -2.14. The van der Waals surface area contributed by atoms with Crippen LogP contribution in [-0.4, -0.2) is 34.4 Å². The van der Waals surface area contributed by atoms with Gasteiger partial charge >= 0.3 is 5.97 Å². The quantitative estimate of drug-likeness (QED) is 0.709. The van der Waals surface area contributed by atoms with Crippen LogP contribution >= 0.6 is 11.3 Å². The van der Waals surface area contributed by atoms with Crippen LogP contribution in [0.25, 0.3) is 0 Å². The number of anilines is 1. The maximum absolute atomic E-state index is 14.7. The van der Waals surface area contributed by atoms with Crippen molar-refractivity contribution in [3.8, 4) is 17.2 Å². The minimum Gasteiger partial charge on any atom is -0.476 e. The number of nitrogens with one attached hydrogen (secondary N) is 1. The van der Waals surface area contributed by atoms with Gasteiger partial charge in [-0.2, -0.15) is 4.39 Å². The number of esters is 1. The summed E-state index contributed by atoms with van der Waals surface area (Å²) < 4.78 is 61.8. The lowest BCUT2D eigenvalue weighted by atomic mass is 10.2. The average Bonchev–Trinajstić information content (AvgIpc) is 3.26. The Bertz CT molecular complexity index is 913. The lowest BCUT2D eigenvalue weighted by Crippen LogP contribution is -2.17. The van der Waals surface area contributed by atoms with E-state index in [9.17, 15) is 17.6 Å². The third-order valence-electron chi connectivity index (χ3n) is 3.20. The van der Waals surface area contributed by atoms with Crippen molar-refractivity contribution in [3.05, 3.63) is 29.4 Å². The molecule has 0 bridgehead atoms. The molecule has 1 N–H and O–H groups in total. The second kappa shape index (κ2) is 7.38. The Morgan fingerprint density at radius 2 is 2.23 bits per heavy atom. The van der Waals surface area contributed by atoms with Gasteiger partial charge in [0.05, 0.1) is 12.3 Å². The van der Waals surface area contributed by atoms with Crippen molar-refractivity contribution >= 4 is 33.0 Å². The van der Waals surface area contributed by atoms with E-state index in [4.69, 9.17) is 18.9 Å². The van der Waals surface area contributed by atoms with E-state index in [2.05, 4.69) is 4.72 Å². The number of sulfonamides is 1. The molecule has 3 rings (SSSR count). The summed E-state index contributed by atoms with van der Waals surface area (Å²) in [5.41, 5.74) is -0.218. The molecule has 0 radical (unpaired) electrons. The predicted molar refractivity (Wildman–Crippen MR) is 89.8 cm³/mol. The Balaban J connectivity index is 1.95. The zero-order valence-electron chi connectivity index (χ0n) is 13.5. The van der Waals surface area contributed by atoms with Crippen LogP contribution in [0.15, 0.2) is 27.8 Å². The van der Waals surface area contributed by atoms with E-state index < -0.39 is 34.2 Å². The molecule has 0 amide bonds. The number of benzene rings is 1. The molecule has 11 heteroatoms. The highest BCUT2D eigenvalue weighted by Gasteiger charge is 2.29. The molecule has 1 aromatic heterocycles. The van der Waals surface area contributed by atoms with E-state index in [0.29, 0.717) is 0 Å². The smallest absolute Gasteiger partial charge is 0.344 e. The molecule has 8 nitrogen and oxygen atoms in total. The van der Waals surface area contributed by atoms with Gasteiger partial charge in [-0.05, 0) is 18.4 Å². The Morgan fingerprint density at radius 1 is 1.42 bits per heavy atom. The van der Waals surface area contributed by atoms with E-state index in [1.54, 1.807) is 18.4 Å². The van der Waals surface area contributed by atoms with Gasteiger partial charge in [-0.25, -0.2) is 13.2 Å². The van der Waals surface area contributed by atoms with Crippen molar-refractivity contribution in [2.24, 2.45) is 0 Å². The molecule has 1 aliphatic rings. The van der Waals surface area contributed by atoms with Crippen LogP contribution in [0.5, 0.6) is 17.2 Å². The number of rotatable bonds is 7. The number of carbonyl (C=O) groups is 1. The maximum atomic E-state index is 14.7. The molecule has 0 fully saturated rings. The maximum Gasteiger partial charge on any atom is 0.344 e. The Kier molecular flexibility index (Phi) is 5.18. The second-order valence-corrected chi connectivity index (χ2v) is 7.79. The fourth-order valence-corrected chi connectivity index (χ4v) is 4.19. The average molecular weight is 403 g/mol. The highest BCUT2D eigenvalue weighted by molar-refractivity contribution is 7.94. The van der Waals surface area contributed by atoms with Crippen LogP contribution in [0, 0.1) is 5.82 Å². The van der Waals surface area contributed by atoms with Crippen molar-refractivity contribution in [3.63, 3.8) is 0 Å². The minimum absolute atomic E-state index is 0.0230. The molecule has 0 unspecified atom stereocenters. The van der Waals surface area contributed by atoms with Crippen LogP contribution < -0.4 is 18.9 Å². The number of hydrogen-bond donors (Lipinski definition) is 1. The van der Waals surface area contributed by atoms with Crippen LogP contribution in [0.2, 0.25) is 0 Å². The molecular formula is C15H14FNO7S2. The first-order valence-corrected chi connectivity index (χ1v) is 9.75. The third kappa shape index (κ3) is 3.68. The molecule has 2 aromatic rings. The Labute approximate surface area is 152 Å². The number of carbonyl (C=O) groups excluding carboxylic acids is 1. The SMILES string of the molecule is CCOC(=O)COc1c(NS(=O)(=O)c2cccs2)cc2c(c1F)OCO2. The van der Waals surface area contributed by atoms with Gasteiger partial charge < -0.3 is 18.9 Å². The van der Waals surface area contributed by atoms with Gasteiger partial charge in [-0.3, -0.25) is 4.72 Å². The highest BCUT2D eigenvalue weighted by Crippen LogP contribution is 2.45. The number of halogens is 1. The highest BCUT2D eigenvalue weighted by atomic mass is 32.2. The summed E-state index contributed by atoms with van der Waals surface area (Å²) in [4.78, 5) is 11.5. The van der Waals surface area contributed by atoms with E-state index in [1.807, 2.05) is 0 Å². The zero-order chi connectivity index (χ0) is 18.7. The summed E-state index contributed by atoms with van der Waals surface area (Å²) in [6, 6.07) is 4.20. The van der Waals surface area contributed by atoms with Crippen molar-refractivity contribution in [2.75, 3.05) is 24.7 Å². The largest absolute Gasteiger partial charge is 0.476 e. The summed E-state index contributed by atoms with van der Waals surface area (Å²) in [5, 5.41) is 1.59. The topological polar surface area (TPSA) is 100 Å². The fraction of sp³-hybridized carbons (Fsp3) is 0.267. The molecule has 26 heavy (non-hydrogen) atoms. The first kappa shape index (κ1) is 18.3. The van der Waals surface area contributed by atoms with E-state index in [1.165, 1.54) is 12.1 Å². The standard InChI is InChI=1S/C15H14FNO7S2/c1-2-21-11(18)7-22-14-9(6-10-15(13(14)16)24-8-23-10)17-26(19,20)12-4-3-5-25-12/h3-6,17H,2,7-8H2,1H3. The van der Waals surface area contributed by atoms with Crippen LogP contribution in [-0.2, 0) is 19.6 Å². The molecular weight excluding hydrogens is 389 g/mol. The van der Waals surface area contributed by atoms with Crippen LogP contribution in [0.1, 0.15) is 6.92 Å². The lowest BCUT2D eigenvalue weighted by molar-refractivity contribution is -0.145. The predicted octanol–water partition coefficient (Wildman–Crippen LogP) is 2.36. The van der Waals surface area contributed by atoms with Crippen molar-refractivity contribution in [1.29, 1.82) is 0 Å². The van der Waals surface area contributed by atoms with Gasteiger partial charge in [-0.15, -0.1) is 11.3 Å². The van der Waals surface area contributed by atoms with Gasteiger partial charge in [0.1, 0.15) is 4.21 Å². The van der Waals surface area contributed by atoms with Gasteiger partial charge in [0.15, 0.2) is 18.1 Å². The molecule has 1 aromatic carbocycles. The van der Waals surface area contributed by atoms with Crippen molar-refractivity contribution in [2.45, 2.75) is 11.1 Å². The third-order valence-corrected chi connectivity index (χ3v) is 5.97. The van der Waals surface area contributed by atoms with E-state index in [0.717, 1.165) is 11.3 Å². The number of hydrogen-bond acceptors (Lipinski definition) is 8. The van der Waals surface area contributed by atoms with Crippen molar-refractivity contribution < 1.29 is 36.6 Å². The van der Waals surface area contributed by atoms with Gasteiger partial charge in [0.2, 0.25) is 18.4 Å². The van der Waals surface area contributed by atoms with Crippen molar-refractivity contribution in [1.82, 2.24) is 0 Å². The number of thiophene rings is 1. The van der Waals surface area contributed by atoms with Gasteiger partial charge in [-0.1, -0.05) is 6.07 Å². The van der Waals surface area contributed by atoms with E-state index >= 15 is 0 Å². The molecule has 0 aliphatic carbocycles. The fourth-order valence-electron chi connectivity index (χ4n) is 2.15. The zero-order valence-corrected chi connectivity index (χ0v) is 15.1. The molecule has 0 saturated heterocycles. The van der Waals surface area contributed by atoms with Crippen LogP contribution in [0.4, 0.5) is 10.1 Å². The van der Waals surface area contributed by atoms with E-state index in [-0.39, 0.29) is 34.8 Å². The molecule has 2 heterocycles. The molecule has 140 valence electrons. The number of fused-ring (bicyclic) bond motifs is 1. The molecule has 1 aliphatic heterocycles. The Morgan fingerprint density at radius 3 is 2.92 bits per heavy atom. The second-order valence-electron chi connectivity index (χ2n) is 4.93. The monoisotopic (exact) mass is 403 g/mol. The number of ether oxygens (including phenoxy) is 4. The summed E-state index contributed by atoms with van der Waals surface area (Å²) in [6.45, 7) is 0.923. The summed E-state index contributed by atoms with van der Waals surface area (Å²) in [7, 11) is -3.97. The summed E-state index contributed by atoms with van der Waals surface area (Å²) in [5.74, 6) is -2.38. The summed E-state index contributed by atoms with van der Waals surface area (Å²) >= 11 is 0.994. The van der Waals surface area contributed by atoms with Gasteiger partial charge in [0.25, 0.3) is 10.0 Å². The molecule has 0 spiro atoms. The normalized spacial score (nSPS) is 12.7. The summed E-state index contributed by atoms with van der Waals surface area (Å²) in [6.07, 6.45) is 0. The first-order chi connectivity index (χ1) is 12.4. The first-order valence-electron chi connectivity index (χ1n) is 7.39. The Hall–Kier alpha value is -2.53.